The molecule has 0 N–H and O–H groups in total. The zero-order chi connectivity index (χ0) is 12.2. The summed E-state index contributed by atoms with van der Waals surface area (Å²) in [5, 5.41) is 8.90. The van der Waals surface area contributed by atoms with Gasteiger partial charge in [0.15, 0.2) is 0 Å². The van der Waals surface area contributed by atoms with Crippen LogP contribution < -0.4 is 0 Å². The summed E-state index contributed by atoms with van der Waals surface area (Å²) in [5.74, 6) is 0. The van der Waals surface area contributed by atoms with E-state index in [2.05, 4.69) is 32.1 Å². The summed E-state index contributed by atoms with van der Waals surface area (Å²) in [6.45, 7) is 0. The van der Waals surface area contributed by atoms with Gasteiger partial charge in [-0.1, -0.05) is 34.8 Å². The number of benzene rings is 1. The standard InChI is InChI=1S/C13H9N3S2/c1-2-4-10(5-3-1)12-9-17-13(14-12)7-6-11-8-18-16-15-11/h1-9H/b7-6-. The third-order valence-corrected chi connectivity index (χ3v) is 3.70. The lowest BCUT2D eigenvalue weighted by Crippen LogP contribution is -1.77. The van der Waals surface area contributed by atoms with Crippen LogP contribution in [0.2, 0.25) is 0 Å². The summed E-state index contributed by atoms with van der Waals surface area (Å²) in [5.41, 5.74) is 3.02. The minimum Gasteiger partial charge on any atom is -0.237 e. The lowest BCUT2D eigenvalue weighted by molar-refractivity contribution is 1.14. The van der Waals surface area contributed by atoms with E-state index >= 15 is 0 Å². The highest BCUT2D eigenvalue weighted by Gasteiger charge is 2.01. The van der Waals surface area contributed by atoms with Crippen LogP contribution in [0, 0.1) is 0 Å². The van der Waals surface area contributed by atoms with Crippen molar-refractivity contribution in [1.29, 1.82) is 0 Å². The van der Waals surface area contributed by atoms with E-state index in [1.165, 1.54) is 11.5 Å². The van der Waals surface area contributed by atoms with Crippen LogP contribution in [0.3, 0.4) is 0 Å². The molecule has 0 aliphatic carbocycles. The van der Waals surface area contributed by atoms with Gasteiger partial charge in [0.2, 0.25) is 0 Å². The van der Waals surface area contributed by atoms with E-state index < -0.39 is 0 Å². The third kappa shape index (κ3) is 2.52. The Morgan fingerprint density at radius 1 is 1.00 bits per heavy atom. The average Bonchev–Trinajstić information content (AvgIpc) is 3.09. The van der Waals surface area contributed by atoms with E-state index in [4.69, 9.17) is 0 Å². The van der Waals surface area contributed by atoms with Crippen molar-refractivity contribution in [2.24, 2.45) is 0 Å². The van der Waals surface area contributed by atoms with Gasteiger partial charge < -0.3 is 0 Å². The number of aromatic nitrogens is 3. The minimum atomic E-state index is 0.872. The Morgan fingerprint density at radius 3 is 2.67 bits per heavy atom. The Hall–Kier alpha value is -1.85. The Balaban J connectivity index is 1.82. The smallest absolute Gasteiger partial charge is 0.116 e. The molecule has 2 aromatic heterocycles. The van der Waals surface area contributed by atoms with Crippen LogP contribution in [-0.4, -0.2) is 14.6 Å². The monoisotopic (exact) mass is 271 g/mol. The molecular weight excluding hydrogens is 262 g/mol. The number of hydrogen-bond donors (Lipinski definition) is 0. The molecular formula is C13H9N3S2. The van der Waals surface area contributed by atoms with Crippen LogP contribution in [0.4, 0.5) is 0 Å². The second-order valence-corrected chi connectivity index (χ2v) is 5.10. The SMILES string of the molecule is C(=C/c1nc(-c2ccccc2)cs1)/c1csnn1. The molecule has 3 nitrogen and oxygen atoms in total. The first-order chi connectivity index (χ1) is 8.92. The maximum atomic E-state index is 4.57. The summed E-state index contributed by atoms with van der Waals surface area (Å²) in [4.78, 5) is 4.57. The molecule has 18 heavy (non-hydrogen) atoms. The molecule has 0 aliphatic heterocycles. The number of hydrogen-bond acceptors (Lipinski definition) is 5. The summed E-state index contributed by atoms with van der Waals surface area (Å²) in [6, 6.07) is 10.2. The number of thiazole rings is 1. The fourth-order valence-electron chi connectivity index (χ4n) is 1.51. The van der Waals surface area contributed by atoms with Gasteiger partial charge in [0.25, 0.3) is 0 Å². The second-order valence-electron chi connectivity index (χ2n) is 3.60. The van der Waals surface area contributed by atoms with Crippen molar-refractivity contribution in [3.63, 3.8) is 0 Å². The van der Waals surface area contributed by atoms with E-state index in [1.54, 1.807) is 11.3 Å². The summed E-state index contributed by atoms with van der Waals surface area (Å²) in [6.07, 6.45) is 3.89. The third-order valence-electron chi connectivity index (χ3n) is 2.37. The zero-order valence-electron chi connectivity index (χ0n) is 9.35. The Bertz CT molecular complexity index is 642. The van der Waals surface area contributed by atoms with E-state index in [0.717, 1.165) is 22.0 Å². The minimum absolute atomic E-state index is 0.872. The van der Waals surface area contributed by atoms with Gasteiger partial charge in [0, 0.05) is 16.3 Å². The molecule has 2 heterocycles. The first-order valence-corrected chi connectivity index (χ1v) is 7.09. The average molecular weight is 271 g/mol. The van der Waals surface area contributed by atoms with Crippen molar-refractivity contribution in [2.45, 2.75) is 0 Å². The van der Waals surface area contributed by atoms with Crippen LogP contribution in [-0.2, 0) is 0 Å². The molecule has 88 valence electrons. The maximum Gasteiger partial charge on any atom is 0.116 e. The maximum absolute atomic E-state index is 4.57. The van der Waals surface area contributed by atoms with Crippen molar-refractivity contribution in [1.82, 2.24) is 14.6 Å². The van der Waals surface area contributed by atoms with Gasteiger partial charge in [-0.3, -0.25) is 0 Å². The Labute approximate surface area is 113 Å². The largest absolute Gasteiger partial charge is 0.237 e. The first-order valence-electron chi connectivity index (χ1n) is 5.38. The van der Waals surface area contributed by atoms with Gasteiger partial charge >= 0.3 is 0 Å². The molecule has 0 radical (unpaired) electrons. The van der Waals surface area contributed by atoms with Gasteiger partial charge in [-0.25, -0.2) is 4.98 Å². The topological polar surface area (TPSA) is 38.7 Å². The van der Waals surface area contributed by atoms with Crippen LogP contribution >= 0.6 is 22.9 Å². The molecule has 0 fully saturated rings. The molecule has 5 heteroatoms. The zero-order valence-corrected chi connectivity index (χ0v) is 11.0. The fourth-order valence-corrected chi connectivity index (χ4v) is 2.65. The quantitative estimate of drug-likeness (QED) is 0.726. The van der Waals surface area contributed by atoms with Crippen LogP contribution in [0.15, 0.2) is 41.1 Å². The van der Waals surface area contributed by atoms with Gasteiger partial charge in [0.05, 0.1) is 11.4 Å². The number of rotatable bonds is 3. The normalized spacial score (nSPS) is 11.1. The van der Waals surface area contributed by atoms with E-state index in [0.29, 0.717) is 0 Å². The molecule has 0 unspecified atom stereocenters. The summed E-state index contributed by atoms with van der Waals surface area (Å²) < 4.78 is 3.81. The van der Waals surface area contributed by atoms with Gasteiger partial charge in [0.1, 0.15) is 5.01 Å². The lowest BCUT2D eigenvalue weighted by Gasteiger charge is -1.93. The van der Waals surface area contributed by atoms with E-state index in [-0.39, 0.29) is 0 Å². The summed E-state index contributed by atoms with van der Waals surface area (Å²) in [7, 11) is 0. The van der Waals surface area contributed by atoms with E-state index in [1.807, 2.05) is 35.7 Å². The predicted molar refractivity (Wildman–Crippen MR) is 76.4 cm³/mol. The molecule has 0 amide bonds. The molecule has 3 rings (SSSR count). The molecule has 0 bridgehead atoms. The number of nitrogens with zero attached hydrogens (tertiary/aromatic N) is 3. The highest BCUT2D eigenvalue weighted by atomic mass is 32.1. The molecule has 3 aromatic rings. The molecule has 0 aliphatic rings. The highest BCUT2D eigenvalue weighted by Crippen LogP contribution is 2.22. The predicted octanol–water partition coefficient (Wildman–Crippen LogP) is 3.83. The lowest BCUT2D eigenvalue weighted by atomic mass is 10.2. The van der Waals surface area contributed by atoms with Crippen LogP contribution in [0.5, 0.6) is 0 Å². The molecule has 1 aromatic carbocycles. The Kier molecular flexibility index (Phi) is 3.25. The van der Waals surface area contributed by atoms with Crippen molar-refractivity contribution in [3.05, 3.63) is 51.8 Å². The van der Waals surface area contributed by atoms with Crippen molar-refractivity contribution < 1.29 is 0 Å². The van der Waals surface area contributed by atoms with E-state index in [9.17, 15) is 0 Å². The van der Waals surface area contributed by atoms with Crippen LogP contribution in [0.1, 0.15) is 10.7 Å². The van der Waals surface area contributed by atoms with Gasteiger partial charge in [-0.2, -0.15) is 0 Å². The van der Waals surface area contributed by atoms with Crippen molar-refractivity contribution >= 4 is 35.0 Å². The second kappa shape index (κ2) is 5.20. The van der Waals surface area contributed by atoms with Crippen LogP contribution in [0.25, 0.3) is 23.4 Å². The van der Waals surface area contributed by atoms with Gasteiger partial charge in [-0.05, 0) is 23.7 Å². The summed E-state index contributed by atoms with van der Waals surface area (Å²) >= 11 is 2.97. The fraction of sp³-hybridized carbons (Fsp3) is 0. The molecule has 0 spiro atoms. The van der Waals surface area contributed by atoms with Crippen molar-refractivity contribution in [2.75, 3.05) is 0 Å². The van der Waals surface area contributed by atoms with Crippen molar-refractivity contribution in [3.8, 4) is 11.3 Å². The highest BCUT2D eigenvalue weighted by molar-refractivity contribution is 7.10. The molecule has 0 saturated carbocycles. The molecule has 0 atom stereocenters. The molecule has 0 saturated heterocycles. The Morgan fingerprint density at radius 2 is 1.89 bits per heavy atom. The van der Waals surface area contributed by atoms with Gasteiger partial charge in [-0.15, -0.1) is 16.4 Å². The first kappa shape index (κ1) is 11.3.